The molecule has 1 aliphatic heterocycles. The summed E-state index contributed by atoms with van der Waals surface area (Å²) >= 11 is 0. The molecule has 0 amide bonds. The van der Waals surface area contributed by atoms with Crippen LogP contribution in [0.5, 0.6) is 0 Å². The summed E-state index contributed by atoms with van der Waals surface area (Å²) < 4.78 is 32.3. The molecule has 19 heavy (non-hydrogen) atoms. The van der Waals surface area contributed by atoms with Crippen molar-refractivity contribution in [1.29, 1.82) is 0 Å². The van der Waals surface area contributed by atoms with Crippen molar-refractivity contribution < 1.29 is 13.2 Å². The molecule has 0 aliphatic carbocycles. The van der Waals surface area contributed by atoms with Crippen molar-refractivity contribution in [3.8, 4) is 0 Å². The zero-order chi connectivity index (χ0) is 13.9. The fraction of sp³-hybridized carbons (Fsp3) is 0.583. The van der Waals surface area contributed by atoms with Crippen molar-refractivity contribution in [3.05, 3.63) is 18.5 Å². The van der Waals surface area contributed by atoms with E-state index in [0.717, 1.165) is 12.8 Å². The Balaban J connectivity index is 2.08. The number of pyridine rings is 1. The van der Waals surface area contributed by atoms with Crippen molar-refractivity contribution in [3.63, 3.8) is 0 Å². The molecule has 7 heteroatoms. The van der Waals surface area contributed by atoms with Gasteiger partial charge in [-0.2, -0.15) is 0 Å². The molecule has 1 aromatic heterocycles. The standard InChI is InChI=1S/C12H19N3O3S/c1-12(3-6-18-7-4-12)9-15-19(16,17)11-8-14-5-2-10(11)13/h2,5,8,15H,3-4,6-7,9H2,1H3,(H2,13,14). The number of hydrogen-bond acceptors (Lipinski definition) is 5. The molecule has 2 rings (SSSR count). The minimum absolute atomic E-state index is 0.0330. The van der Waals surface area contributed by atoms with Crippen LogP contribution >= 0.6 is 0 Å². The zero-order valence-corrected chi connectivity index (χ0v) is 11.7. The van der Waals surface area contributed by atoms with Crippen LogP contribution in [0.2, 0.25) is 0 Å². The van der Waals surface area contributed by atoms with Gasteiger partial charge in [-0.3, -0.25) is 4.98 Å². The topological polar surface area (TPSA) is 94.3 Å². The molecule has 1 aromatic rings. The number of nitrogen functional groups attached to an aromatic ring is 1. The number of nitrogens with two attached hydrogens (primary N) is 1. The van der Waals surface area contributed by atoms with E-state index in [0.29, 0.717) is 19.8 Å². The van der Waals surface area contributed by atoms with E-state index in [2.05, 4.69) is 16.6 Å². The number of hydrogen-bond donors (Lipinski definition) is 2. The van der Waals surface area contributed by atoms with E-state index in [1.807, 2.05) is 0 Å². The first-order chi connectivity index (χ1) is 8.93. The summed E-state index contributed by atoms with van der Waals surface area (Å²) in [5, 5.41) is 0. The second-order valence-electron chi connectivity index (χ2n) is 5.16. The molecule has 0 bridgehead atoms. The van der Waals surface area contributed by atoms with Crippen LogP contribution in [0.1, 0.15) is 19.8 Å². The molecule has 0 radical (unpaired) electrons. The van der Waals surface area contributed by atoms with E-state index < -0.39 is 10.0 Å². The average Bonchev–Trinajstić information content (AvgIpc) is 2.38. The van der Waals surface area contributed by atoms with Gasteiger partial charge in [-0.25, -0.2) is 13.1 Å². The maximum absolute atomic E-state index is 12.2. The fourth-order valence-electron chi connectivity index (χ4n) is 2.00. The molecule has 6 nitrogen and oxygen atoms in total. The summed E-state index contributed by atoms with van der Waals surface area (Å²) in [5.41, 5.74) is 5.81. The molecule has 0 unspecified atom stereocenters. The highest BCUT2D eigenvalue weighted by molar-refractivity contribution is 7.89. The predicted molar refractivity (Wildman–Crippen MR) is 72.0 cm³/mol. The third-order valence-electron chi connectivity index (χ3n) is 3.49. The Bertz CT molecular complexity index is 539. The number of sulfonamides is 1. The number of rotatable bonds is 4. The van der Waals surface area contributed by atoms with Gasteiger partial charge in [0.25, 0.3) is 0 Å². The lowest BCUT2D eigenvalue weighted by Crippen LogP contribution is -2.39. The minimum Gasteiger partial charge on any atom is -0.398 e. The second-order valence-corrected chi connectivity index (χ2v) is 6.90. The summed E-state index contributed by atoms with van der Waals surface area (Å²) in [4.78, 5) is 3.84. The molecule has 106 valence electrons. The van der Waals surface area contributed by atoms with E-state index in [4.69, 9.17) is 10.5 Å². The van der Waals surface area contributed by atoms with Gasteiger partial charge in [0.2, 0.25) is 10.0 Å². The molecule has 0 atom stereocenters. The second kappa shape index (κ2) is 5.44. The van der Waals surface area contributed by atoms with Gasteiger partial charge in [0.05, 0.1) is 5.69 Å². The van der Waals surface area contributed by atoms with Gasteiger partial charge in [-0.15, -0.1) is 0 Å². The van der Waals surface area contributed by atoms with Crippen LogP contribution in [0.4, 0.5) is 5.69 Å². The van der Waals surface area contributed by atoms with Crippen LogP contribution in [0.25, 0.3) is 0 Å². The van der Waals surface area contributed by atoms with Crippen LogP contribution in [-0.2, 0) is 14.8 Å². The molecule has 1 fully saturated rings. The summed E-state index contributed by atoms with van der Waals surface area (Å²) in [5.74, 6) is 0. The first-order valence-electron chi connectivity index (χ1n) is 6.20. The van der Waals surface area contributed by atoms with Gasteiger partial charge in [-0.1, -0.05) is 6.92 Å². The Kier molecular flexibility index (Phi) is 4.07. The van der Waals surface area contributed by atoms with Gasteiger partial charge in [-0.05, 0) is 24.3 Å². The predicted octanol–water partition coefficient (Wildman–Crippen LogP) is 0.759. The van der Waals surface area contributed by atoms with Crippen LogP contribution in [0, 0.1) is 5.41 Å². The van der Waals surface area contributed by atoms with Crippen molar-refractivity contribution in [2.75, 3.05) is 25.5 Å². The molecule has 0 aromatic carbocycles. The largest absolute Gasteiger partial charge is 0.398 e. The van der Waals surface area contributed by atoms with Crippen molar-refractivity contribution in [2.24, 2.45) is 5.41 Å². The summed E-state index contributed by atoms with van der Waals surface area (Å²) in [6.45, 7) is 3.79. The summed E-state index contributed by atoms with van der Waals surface area (Å²) in [7, 11) is -3.61. The Labute approximate surface area is 113 Å². The normalized spacial score (nSPS) is 19.2. The van der Waals surface area contributed by atoms with Gasteiger partial charge < -0.3 is 10.5 Å². The van der Waals surface area contributed by atoms with Crippen LogP contribution in [-0.4, -0.2) is 33.2 Å². The van der Waals surface area contributed by atoms with Crippen LogP contribution < -0.4 is 10.5 Å². The molecule has 0 spiro atoms. The van der Waals surface area contributed by atoms with Crippen molar-refractivity contribution >= 4 is 15.7 Å². The van der Waals surface area contributed by atoms with E-state index in [9.17, 15) is 8.42 Å². The van der Waals surface area contributed by atoms with E-state index in [1.165, 1.54) is 18.5 Å². The number of aromatic nitrogens is 1. The number of nitrogens with zero attached hydrogens (tertiary/aromatic N) is 1. The summed E-state index contributed by atoms with van der Waals surface area (Å²) in [6, 6.07) is 1.48. The van der Waals surface area contributed by atoms with E-state index in [1.54, 1.807) is 0 Å². The lowest BCUT2D eigenvalue weighted by atomic mass is 9.83. The average molecular weight is 285 g/mol. The number of nitrogens with one attached hydrogen (secondary N) is 1. The highest BCUT2D eigenvalue weighted by Crippen LogP contribution is 2.29. The molecule has 1 aliphatic rings. The van der Waals surface area contributed by atoms with Crippen molar-refractivity contribution in [1.82, 2.24) is 9.71 Å². The third-order valence-corrected chi connectivity index (χ3v) is 4.94. The lowest BCUT2D eigenvalue weighted by molar-refractivity contribution is 0.0265. The SMILES string of the molecule is CC1(CNS(=O)(=O)c2cnccc2N)CCOCC1. The smallest absolute Gasteiger partial charge is 0.244 e. The third kappa shape index (κ3) is 3.43. The van der Waals surface area contributed by atoms with Crippen LogP contribution in [0.15, 0.2) is 23.4 Å². The number of ether oxygens (including phenoxy) is 1. The fourth-order valence-corrected chi connectivity index (χ4v) is 3.28. The minimum atomic E-state index is -3.61. The maximum Gasteiger partial charge on any atom is 0.244 e. The molecular weight excluding hydrogens is 266 g/mol. The van der Waals surface area contributed by atoms with E-state index >= 15 is 0 Å². The highest BCUT2D eigenvalue weighted by atomic mass is 32.2. The molecular formula is C12H19N3O3S. The first kappa shape index (κ1) is 14.2. The Morgan fingerprint density at radius 1 is 1.47 bits per heavy atom. The quantitative estimate of drug-likeness (QED) is 0.851. The number of anilines is 1. The van der Waals surface area contributed by atoms with Gasteiger partial charge in [0.1, 0.15) is 4.90 Å². The zero-order valence-electron chi connectivity index (χ0n) is 10.9. The molecule has 1 saturated heterocycles. The van der Waals surface area contributed by atoms with Gasteiger partial charge in [0.15, 0.2) is 0 Å². The first-order valence-corrected chi connectivity index (χ1v) is 7.68. The highest BCUT2D eigenvalue weighted by Gasteiger charge is 2.29. The Morgan fingerprint density at radius 3 is 2.79 bits per heavy atom. The van der Waals surface area contributed by atoms with Gasteiger partial charge >= 0.3 is 0 Å². The molecule has 0 saturated carbocycles. The molecule has 2 heterocycles. The van der Waals surface area contributed by atoms with Crippen molar-refractivity contribution in [2.45, 2.75) is 24.7 Å². The molecule has 3 N–H and O–H groups in total. The van der Waals surface area contributed by atoms with Gasteiger partial charge in [0, 0.05) is 32.2 Å². The van der Waals surface area contributed by atoms with E-state index in [-0.39, 0.29) is 16.0 Å². The summed E-state index contributed by atoms with van der Waals surface area (Å²) in [6.07, 6.45) is 4.42. The monoisotopic (exact) mass is 285 g/mol. The Hall–Kier alpha value is -1.18. The van der Waals surface area contributed by atoms with Crippen LogP contribution in [0.3, 0.4) is 0 Å². The Morgan fingerprint density at radius 2 is 2.16 bits per heavy atom. The lowest BCUT2D eigenvalue weighted by Gasteiger charge is -2.33. The maximum atomic E-state index is 12.2.